The molecule has 2 aromatic heterocycles. The predicted octanol–water partition coefficient (Wildman–Crippen LogP) is 2.99. The second-order valence-corrected chi connectivity index (χ2v) is 4.94. The number of rotatable bonds is 5. The van der Waals surface area contributed by atoms with Crippen LogP contribution in [0.1, 0.15) is 11.1 Å². The maximum absolute atomic E-state index is 5.83. The smallest absolute Gasteiger partial charge is 0.149 e. The van der Waals surface area contributed by atoms with Gasteiger partial charge in [-0.15, -0.1) is 0 Å². The average molecular weight is 300 g/mol. The molecule has 106 valence electrons. The fourth-order valence-corrected chi connectivity index (χ4v) is 2.21. The first kappa shape index (κ1) is 13.6. The van der Waals surface area contributed by atoms with Gasteiger partial charge in [0.05, 0.1) is 18.9 Å². The van der Waals surface area contributed by atoms with Crippen molar-refractivity contribution < 1.29 is 0 Å². The van der Waals surface area contributed by atoms with Gasteiger partial charge in [0.1, 0.15) is 11.0 Å². The first-order valence-corrected chi connectivity index (χ1v) is 6.95. The minimum Gasteiger partial charge on any atom is -0.365 e. The van der Waals surface area contributed by atoms with Crippen LogP contribution in [0.5, 0.6) is 0 Å². The van der Waals surface area contributed by atoms with Crippen LogP contribution >= 0.6 is 11.6 Å². The van der Waals surface area contributed by atoms with Crippen molar-refractivity contribution in [2.24, 2.45) is 0 Å². The number of halogens is 1. The maximum atomic E-state index is 5.83. The van der Waals surface area contributed by atoms with Crippen LogP contribution in [0, 0.1) is 0 Å². The van der Waals surface area contributed by atoms with Gasteiger partial charge in [0, 0.05) is 18.9 Å². The molecule has 1 N–H and O–H groups in total. The van der Waals surface area contributed by atoms with E-state index in [4.69, 9.17) is 11.6 Å². The molecule has 3 aromatic rings. The molecular weight excluding hydrogens is 286 g/mol. The van der Waals surface area contributed by atoms with Gasteiger partial charge in [-0.25, -0.2) is 4.98 Å². The Bertz CT molecular complexity index is 712. The van der Waals surface area contributed by atoms with E-state index in [2.05, 4.69) is 32.5 Å². The molecule has 0 bridgehead atoms. The topological polar surface area (TPSA) is 55.6 Å². The third kappa shape index (κ3) is 3.58. The molecule has 0 fully saturated rings. The summed E-state index contributed by atoms with van der Waals surface area (Å²) in [5.74, 6) is 0.663. The van der Waals surface area contributed by atoms with E-state index in [0.29, 0.717) is 17.5 Å². The third-order valence-electron chi connectivity index (χ3n) is 3.08. The standard InChI is InChI=1S/C15H14ClN5/c16-14-9-17-10-15(20-14)18-8-12-4-1-2-5-13(12)11-21-7-3-6-19-21/h1-7,9-10H,8,11H2,(H,18,20). The van der Waals surface area contributed by atoms with Gasteiger partial charge >= 0.3 is 0 Å². The quantitative estimate of drug-likeness (QED) is 0.787. The SMILES string of the molecule is Clc1cncc(NCc2ccccc2Cn2cccn2)n1. The zero-order valence-corrected chi connectivity index (χ0v) is 12.0. The summed E-state index contributed by atoms with van der Waals surface area (Å²) in [6.07, 6.45) is 6.90. The van der Waals surface area contributed by atoms with Crippen LogP contribution in [0.4, 0.5) is 5.82 Å². The number of hydrogen-bond donors (Lipinski definition) is 1. The molecule has 0 spiro atoms. The summed E-state index contributed by atoms with van der Waals surface area (Å²) in [5.41, 5.74) is 2.40. The highest BCUT2D eigenvalue weighted by Gasteiger charge is 2.04. The Morgan fingerprint density at radius 3 is 2.71 bits per heavy atom. The van der Waals surface area contributed by atoms with Crippen LogP contribution in [0.3, 0.4) is 0 Å². The summed E-state index contributed by atoms with van der Waals surface area (Å²) in [6.45, 7) is 1.40. The van der Waals surface area contributed by atoms with Gasteiger partial charge in [-0.05, 0) is 17.2 Å². The molecule has 2 heterocycles. The summed E-state index contributed by atoms with van der Waals surface area (Å²) in [7, 11) is 0. The van der Waals surface area contributed by atoms with Crippen molar-refractivity contribution >= 4 is 17.4 Å². The lowest BCUT2D eigenvalue weighted by Crippen LogP contribution is -2.08. The van der Waals surface area contributed by atoms with Gasteiger partial charge in [0.2, 0.25) is 0 Å². The third-order valence-corrected chi connectivity index (χ3v) is 3.26. The molecule has 6 heteroatoms. The van der Waals surface area contributed by atoms with Crippen molar-refractivity contribution in [2.75, 3.05) is 5.32 Å². The van der Waals surface area contributed by atoms with Gasteiger partial charge in [-0.2, -0.15) is 5.10 Å². The Morgan fingerprint density at radius 1 is 1.10 bits per heavy atom. The summed E-state index contributed by atoms with van der Waals surface area (Å²) in [5, 5.41) is 7.85. The van der Waals surface area contributed by atoms with E-state index in [1.54, 1.807) is 12.4 Å². The van der Waals surface area contributed by atoms with E-state index in [-0.39, 0.29) is 0 Å². The lowest BCUT2D eigenvalue weighted by atomic mass is 10.1. The molecular formula is C15H14ClN5. The van der Waals surface area contributed by atoms with Gasteiger partial charge in [0.25, 0.3) is 0 Å². The van der Waals surface area contributed by atoms with Crippen LogP contribution in [-0.2, 0) is 13.1 Å². The van der Waals surface area contributed by atoms with Crippen molar-refractivity contribution in [3.05, 3.63) is 71.4 Å². The van der Waals surface area contributed by atoms with Crippen LogP contribution in [-0.4, -0.2) is 19.7 Å². The average Bonchev–Trinajstić information content (AvgIpc) is 2.99. The Balaban J connectivity index is 1.73. The lowest BCUT2D eigenvalue weighted by Gasteiger charge is -2.11. The lowest BCUT2D eigenvalue weighted by molar-refractivity contribution is 0.682. The van der Waals surface area contributed by atoms with E-state index in [9.17, 15) is 0 Å². The fraction of sp³-hybridized carbons (Fsp3) is 0.133. The number of aromatic nitrogens is 4. The molecule has 0 aliphatic rings. The first-order chi connectivity index (χ1) is 10.3. The van der Waals surface area contributed by atoms with E-state index < -0.39 is 0 Å². The highest BCUT2D eigenvalue weighted by Crippen LogP contribution is 2.13. The molecule has 0 aliphatic heterocycles. The molecule has 21 heavy (non-hydrogen) atoms. The molecule has 0 aliphatic carbocycles. The minimum atomic E-state index is 0.379. The summed E-state index contributed by atoms with van der Waals surface area (Å²) >= 11 is 5.83. The van der Waals surface area contributed by atoms with Gasteiger partial charge in [-0.1, -0.05) is 35.9 Å². The van der Waals surface area contributed by atoms with Crippen molar-refractivity contribution in [2.45, 2.75) is 13.1 Å². The molecule has 0 saturated carbocycles. The van der Waals surface area contributed by atoms with E-state index >= 15 is 0 Å². The number of benzene rings is 1. The van der Waals surface area contributed by atoms with Crippen molar-refractivity contribution in [1.82, 2.24) is 19.7 Å². The van der Waals surface area contributed by atoms with Gasteiger partial charge in [-0.3, -0.25) is 9.67 Å². The molecule has 1 aromatic carbocycles. The molecule has 0 radical (unpaired) electrons. The van der Waals surface area contributed by atoms with Crippen LogP contribution in [0.25, 0.3) is 0 Å². The second kappa shape index (κ2) is 6.37. The minimum absolute atomic E-state index is 0.379. The summed E-state index contributed by atoms with van der Waals surface area (Å²) < 4.78 is 1.90. The first-order valence-electron chi connectivity index (χ1n) is 6.57. The Labute approximate surface area is 127 Å². The molecule has 0 unspecified atom stereocenters. The number of anilines is 1. The maximum Gasteiger partial charge on any atom is 0.149 e. The predicted molar refractivity (Wildman–Crippen MR) is 82.1 cm³/mol. The Hall–Kier alpha value is -2.40. The number of hydrogen-bond acceptors (Lipinski definition) is 4. The molecule has 5 nitrogen and oxygen atoms in total. The highest BCUT2D eigenvalue weighted by molar-refractivity contribution is 6.29. The van der Waals surface area contributed by atoms with Gasteiger partial charge in [0.15, 0.2) is 0 Å². The van der Waals surface area contributed by atoms with Crippen molar-refractivity contribution in [3.63, 3.8) is 0 Å². The second-order valence-electron chi connectivity index (χ2n) is 4.55. The normalized spacial score (nSPS) is 10.5. The van der Waals surface area contributed by atoms with E-state index in [0.717, 1.165) is 6.54 Å². The fourth-order valence-electron chi connectivity index (χ4n) is 2.07. The zero-order chi connectivity index (χ0) is 14.5. The molecule has 0 amide bonds. The Morgan fingerprint density at radius 2 is 1.95 bits per heavy atom. The monoisotopic (exact) mass is 299 g/mol. The molecule has 0 saturated heterocycles. The Kier molecular flexibility index (Phi) is 4.12. The highest BCUT2D eigenvalue weighted by atomic mass is 35.5. The van der Waals surface area contributed by atoms with Crippen LogP contribution in [0.2, 0.25) is 5.15 Å². The summed E-state index contributed by atoms with van der Waals surface area (Å²) in [6, 6.07) is 10.2. The van der Waals surface area contributed by atoms with Gasteiger partial charge < -0.3 is 5.32 Å². The summed E-state index contributed by atoms with van der Waals surface area (Å²) in [4.78, 5) is 8.18. The molecule has 0 atom stereocenters. The van der Waals surface area contributed by atoms with E-state index in [1.165, 1.54) is 17.3 Å². The number of nitrogens with zero attached hydrogens (tertiary/aromatic N) is 4. The van der Waals surface area contributed by atoms with Crippen LogP contribution < -0.4 is 5.32 Å². The van der Waals surface area contributed by atoms with Crippen LogP contribution in [0.15, 0.2) is 55.1 Å². The number of nitrogens with one attached hydrogen (secondary N) is 1. The van der Waals surface area contributed by atoms with Crippen molar-refractivity contribution in [1.29, 1.82) is 0 Å². The molecule has 3 rings (SSSR count). The van der Waals surface area contributed by atoms with E-state index in [1.807, 2.05) is 29.1 Å². The largest absolute Gasteiger partial charge is 0.365 e. The zero-order valence-electron chi connectivity index (χ0n) is 11.3. The van der Waals surface area contributed by atoms with Crippen molar-refractivity contribution in [3.8, 4) is 0 Å².